The van der Waals surface area contributed by atoms with E-state index in [-0.39, 0.29) is 0 Å². The molecule has 1 nitrogen and oxygen atoms in total. The van der Waals surface area contributed by atoms with Crippen molar-refractivity contribution in [2.75, 3.05) is 20.1 Å². The van der Waals surface area contributed by atoms with E-state index >= 15 is 0 Å². The van der Waals surface area contributed by atoms with Crippen LogP contribution in [0.3, 0.4) is 0 Å². The summed E-state index contributed by atoms with van der Waals surface area (Å²) in [5, 5.41) is 0. The lowest BCUT2D eigenvalue weighted by atomic mass is 10.1. The smallest absolute Gasteiger partial charge is 0.00189 e. The molecule has 0 unspecified atom stereocenters. The highest BCUT2D eigenvalue weighted by Crippen LogP contribution is 2.07. The summed E-state index contributed by atoms with van der Waals surface area (Å²) in [6.07, 6.45) is 4.10. The van der Waals surface area contributed by atoms with Crippen LogP contribution in [0.4, 0.5) is 0 Å². The molecule has 20 heavy (non-hydrogen) atoms. The summed E-state index contributed by atoms with van der Waals surface area (Å²) in [6.45, 7) is 5.98. The predicted molar refractivity (Wildman–Crippen MR) is 87.9 cm³/mol. The number of benzene rings is 2. The lowest BCUT2D eigenvalue weighted by Gasteiger charge is -2.16. The van der Waals surface area contributed by atoms with Gasteiger partial charge in [0, 0.05) is 13.1 Å². The van der Waals surface area contributed by atoms with Gasteiger partial charge in [-0.15, -0.1) is 0 Å². The van der Waals surface area contributed by atoms with Crippen molar-refractivity contribution in [2.24, 2.45) is 0 Å². The molecule has 2 aromatic rings. The Balaban J connectivity index is 1.74. The van der Waals surface area contributed by atoms with Crippen molar-refractivity contribution in [3.63, 3.8) is 0 Å². The molecule has 2 rings (SSSR count). The molecule has 0 saturated carbocycles. The van der Waals surface area contributed by atoms with Gasteiger partial charge in [-0.3, -0.25) is 0 Å². The molecule has 0 saturated heterocycles. The Bertz CT molecular complexity index is 513. The van der Waals surface area contributed by atoms with Crippen molar-refractivity contribution < 1.29 is 0 Å². The molecular formula is C19H23N. The second-order valence-electron chi connectivity index (χ2n) is 5.23. The van der Waals surface area contributed by atoms with E-state index in [0.717, 1.165) is 25.9 Å². The van der Waals surface area contributed by atoms with Crippen LogP contribution in [0.1, 0.15) is 16.7 Å². The van der Waals surface area contributed by atoms with Crippen LogP contribution >= 0.6 is 0 Å². The van der Waals surface area contributed by atoms with Crippen molar-refractivity contribution in [3.8, 4) is 0 Å². The van der Waals surface area contributed by atoms with Crippen molar-refractivity contribution in [3.05, 3.63) is 77.9 Å². The number of nitrogens with zero attached hydrogens (tertiary/aromatic N) is 1. The van der Waals surface area contributed by atoms with Gasteiger partial charge >= 0.3 is 0 Å². The van der Waals surface area contributed by atoms with Gasteiger partial charge in [0.05, 0.1) is 0 Å². The molecule has 0 aliphatic heterocycles. The zero-order valence-corrected chi connectivity index (χ0v) is 12.3. The van der Waals surface area contributed by atoms with Gasteiger partial charge in [-0.25, -0.2) is 0 Å². The van der Waals surface area contributed by atoms with E-state index in [1.807, 2.05) is 6.08 Å². The summed E-state index contributed by atoms with van der Waals surface area (Å²) in [7, 11) is 2.20. The second kappa shape index (κ2) is 7.66. The first-order valence-corrected chi connectivity index (χ1v) is 7.22. The van der Waals surface area contributed by atoms with Gasteiger partial charge in [0.1, 0.15) is 0 Å². The van der Waals surface area contributed by atoms with Crippen LogP contribution in [0.5, 0.6) is 0 Å². The Labute approximate surface area is 122 Å². The minimum atomic E-state index is 1.10. The van der Waals surface area contributed by atoms with Crippen molar-refractivity contribution in [1.82, 2.24) is 4.90 Å². The van der Waals surface area contributed by atoms with Crippen molar-refractivity contribution in [2.45, 2.75) is 12.8 Å². The summed E-state index contributed by atoms with van der Waals surface area (Å²) in [5.41, 5.74) is 3.99. The predicted octanol–water partition coefficient (Wildman–Crippen LogP) is 4.05. The maximum absolute atomic E-state index is 3.78. The van der Waals surface area contributed by atoms with Gasteiger partial charge in [0.2, 0.25) is 0 Å². The molecule has 0 N–H and O–H groups in total. The van der Waals surface area contributed by atoms with Gasteiger partial charge in [-0.2, -0.15) is 0 Å². The molecule has 0 aliphatic rings. The quantitative estimate of drug-likeness (QED) is 0.730. The fourth-order valence-electron chi connectivity index (χ4n) is 2.22. The Hall–Kier alpha value is -1.86. The van der Waals surface area contributed by atoms with E-state index in [1.165, 1.54) is 16.7 Å². The highest BCUT2D eigenvalue weighted by Gasteiger charge is 2.00. The summed E-state index contributed by atoms with van der Waals surface area (Å²) >= 11 is 0. The topological polar surface area (TPSA) is 3.24 Å². The zero-order chi connectivity index (χ0) is 14.2. The van der Waals surface area contributed by atoms with Crippen LogP contribution in [0.2, 0.25) is 0 Å². The van der Waals surface area contributed by atoms with E-state index in [9.17, 15) is 0 Å². The lowest BCUT2D eigenvalue weighted by Crippen LogP contribution is -2.23. The summed E-state index contributed by atoms with van der Waals surface area (Å²) in [6, 6.07) is 19.3. The van der Waals surface area contributed by atoms with Crippen LogP contribution in [0.25, 0.3) is 6.08 Å². The normalized spacial score (nSPS) is 10.7. The standard InChI is InChI=1S/C19H23N/c1-3-17-9-11-19(12-10-17)14-16-20(2)15-13-18-7-5-4-6-8-18/h3-12H,1,13-16H2,2H3. The number of likely N-dealkylation sites (N-methyl/N-ethyl adjacent to an activating group) is 1. The average Bonchev–Trinajstić information content (AvgIpc) is 2.52. The first-order valence-electron chi connectivity index (χ1n) is 7.22. The van der Waals surface area contributed by atoms with E-state index < -0.39 is 0 Å². The zero-order valence-electron chi connectivity index (χ0n) is 12.3. The van der Waals surface area contributed by atoms with Gasteiger partial charge in [0.25, 0.3) is 0 Å². The molecule has 0 fully saturated rings. The van der Waals surface area contributed by atoms with Crippen LogP contribution in [0.15, 0.2) is 61.2 Å². The maximum atomic E-state index is 3.78. The van der Waals surface area contributed by atoms with Crippen LogP contribution < -0.4 is 0 Å². The monoisotopic (exact) mass is 265 g/mol. The molecule has 0 aliphatic carbocycles. The van der Waals surface area contributed by atoms with Crippen molar-refractivity contribution >= 4 is 6.08 Å². The summed E-state index contributed by atoms with van der Waals surface area (Å²) in [4.78, 5) is 2.40. The average molecular weight is 265 g/mol. The van der Waals surface area contributed by atoms with Crippen LogP contribution in [-0.2, 0) is 12.8 Å². The summed E-state index contributed by atoms with van der Waals surface area (Å²) < 4.78 is 0. The largest absolute Gasteiger partial charge is 0.306 e. The third kappa shape index (κ3) is 4.67. The molecule has 0 radical (unpaired) electrons. The third-order valence-electron chi connectivity index (χ3n) is 3.62. The first-order chi connectivity index (χ1) is 9.78. The first kappa shape index (κ1) is 14.5. The summed E-state index contributed by atoms with van der Waals surface area (Å²) in [5.74, 6) is 0. The minimum absolute atomic E-state index is 1.10. The number of hydrogen-bond acceptors (Lipinski definition) is 1. The van der Waals surface area contributed by atoms with Crippen molar-refractivity contribution in [1.29, 1.82) is 0 Å². The fourth-order valence-corrected chi connectivity index (χ4v) is 2.22. The molecule has 0 heterocycles. The molecular weight excluding hydrogens is 242 g/mol. The molecule has 0 amide bonds. The molecule has 0 spiro atoms. The fraction of sp³-hybridized carbons (Fsp3) is 0.263. The van der Waals surface area contributed by atoms with Gasteiger partial charge in [-0.1, -0.05) is 67.3 Å². The molecule has 1 heteroatoms. The molecule has 2 aromatic carbocycles. The minimum Gasteiger partial charge on any atom is -0.306 e. The highest BCUT2D eigenvalue weighted by atomic mass is 15.1. The third-order valence-corrected chi connectivity index (χ3v) is 3.62. The number of hydrogen-bond donors (Lipinski definition) is 0. The van der Waals surface area contributed by atoms with Gasteiger partial charge in [0.15, 0.2) is 0 Å². The second-order valence-corrected chi connectivity index (χ2v) is 5.23. The van der Waals surface area contributed by atoms with Crippen LogP contribution in [-0.4, -0.2) is 25.0 Å². The highest BCUT2D eigenvalue weighted by molar-refractivity contribution is 5.47. The Kier molecular flexibility index (Phi) is 5.57. The Morgan fingerprint density at radius 2 is 1.40 bits per heavy atom. The maximum Gasteiger partial charge on any atom is 0.00189 e. The van der Waals surface area contributed by atoms with E-state index in [2.05, 4.69) is 73.1 Å². The molecule has 0 atom stereocenters. The van der Waals surface area contributed by atoms with Crippen LogP contribution in [0, 0.1) is 0 Å². The molecule has 0 bridgehead atoms. The van der Waals surface area contributed by atoms with Gasteiger partial charge in [-0.05, 0) is 36.6 Å². The number of rotatable bonds is 7. The lowest BCUT2D eigenvalue weighted by molar-refractivity contribution is 0.343. The van der Waals surface area contributed by atoms with Gasteiger partial charge < -0.3 is 4.90 Å². The molecule has 104 valence electrons. The van der Waals surface area contributed by atoms with E-state index in [1.54, 1.807) is 0 Å². The Morgan fingerprint density at radius 1 is 0.850 bits per heavy atom. The molecule has 0 aromatic heterocycles. The SMILES string of the molecule is C=Cc1ccc(CCN(C)CCc2ccccc2)cc1. The Morgan fingerprint density at radius 3 is 1.95 bits per heavy atom. The van der Waals surface area contributed by atoms with E-state index in [4.69, 9.17) is 0 Å². The van der Waals surface area contributed by atoms with E-state index in [0.29, 0.717) is 0 Å².